The van der Waals surface area contributed by atoms with Gasteiger partial charge in [0.05, 0.1) is 18.3 Å². The predicted octanol–water partition coefficient (Wildman–Crippen LogP) is 2.19. The summed E-state index contributed by atoms with van der Waals surface area (Å²) in [6.45, 7) is 4.33. The van der Waals surface area contributed by atoms with Crippen molar-refractivity contribution in [1.82, 2.24) is 14.7 Å². The van der Waals surface area contributed by atoms with E-state index in [-0.39, 0.29) is 0 Å². The van der Waals surface area contributed by atoms with E-state index in [0.717, 1.165) is 44.9 Å². The molecule has 0 atom stereocenters. The van der Waals surface area contributed by atoms with Gasteiger partial charge < -0.3 is 10.5 Å². The van der Waals surface area contributed by atoms with E-state index in [1.807, 2.05) is 0 Å². The monoisotopic (exact) mass is 294 g/mol. The molecule has 2 rings (SSSR count). The van der Waals surface area contributed by atoms with Gasteiger partial charge in [-0.25, -0.2) is 0 Å². The van der Waals surface area contributed by atoms with Crippen LogP contribution in [0.2, 0.25) is 0 Å². The molecule has 5 heteroatoms. The summed E-state index contributed by atoms with van der Waals surface area (Å²) in [5, 5.41) is 4.79. The van der Waals surface area contributed by atoms with Crippen LogP contribution in [0, 0.1) is 0 Å². The molecular weight excluding hydrogens is 264 g/mol. The summed E-state index contributed by atoms with van der Waals surface area (Å²) >= 11 is 0. The first-order valence-electron chi connectivity index (χ1n) is 8.29. The van der Waals surface area contributed by atoms with Crippen molar-refractivity contribution < 1.29 is 4.74 Å². The highest BCUT2D eigenvalue weighted by atomic mass is 16.5. The Hall–Kier alpha value is -0.910. The fourth-order valence-corrected chi connectivity index (χ4v) is 3.04. The summed E-state index contributed by atoms with van der Waals surface area (Å²) in [5.41, 5.74) is 6.78. The van der Waals surface area contributed by atoms with Gasteiger partial charge in [0, 0.05) is 26.4 Å². The Morgan fingerprint density at radius 3 is 2.86 bits per heavy atom. The van der Waals surface area contributed by atoms with Gasteiger partial charge in [0.15, 0.2) is 0 Å². The van der Waals surface area contributed by atoms with Crippen LogP contribution in [-0.4, -0.2) is 48.0 Å². The molecule has 1 aromatic rings. The maximum Gasteiger partial charge on any atom is 0.0764 e. The van der Waals surface area contributed by atoms with Crippen LogP contribution in [0.1, 0.15) is 50.3 Å². The molecule has 0 radical (unpaired) electrons. The van der Waals surface area contributed by atoms with E-state index in [0.29, 0.717) is 6.04 Å². The fourth-order valence-electron chi connectivity index (χ4n) is 3.04. The van der Waals surface area contributed by atoms with E-state index in [9.17, 15) is 0 Å². The summed E-state index contributed by atoms with van der Waals surface area (Å²) in [4.78, 5) is 2.38. The van der Waals surface area contributed by atoms with Crippen molar-refractivity contribution in [3.8, 4) is 0 Å². The third kappa shape index (κ3) is 5.41. The zero-order chi connectivity index (χ0) is 14.9. The number of hydrogen-bond donors (Lipinski definition) is 1. The summed E-state index contributed by atoms with van der Waals surface area (Å²) < 4.78 is 7.38. The molecule has 21 heavy (non-hydrogen) atoms. The van der Waals surface area contributed by atoms with Gasteiger partial charge in [-0.1, -0.05) is 19.3 Å². The molecule has 0 bridgehead atoms. The highest BCUT2D eigenvalue weighted by Crippen LogP contribution is 2.27. The zero-order valence-electron chi connectivity index (χ0n) is 13.3. The van der Waals surface area contributed by atoms with Gasteiger partial charge in [0.25, 0.3) is 0 Å². The van der Waals surface area contributed by atoms with Crippen molar-refractivity contribution in [2.45, 2.75) is 51.1 Å². The largest absolute Gasteiger partial charge is 0.383 e. The normalized spacial score (nSPS) is 16.7. The fraction of sp³-hybridized carbons (Fsp3) is 0.812. The summed E-state index contributed by atoms with van der Waals surface area (Å²) in [6, 6.07) is 2.78. The van der Waals surface area contributed by atoms with Gasteiger partial charge in [-0.3, -0.25) is 9.58 Å². The molecule has 1 heterocycles. The van der Waals surface area contributed by atoms with Crippen molar-refractivity contribution in [2.24, 2.45) is 5.73 Å². The van der Waals surface area contributed by atoms with E-state index in [2.05, 4.69) is 21.8 Å². The highest BCUT2D eigenvalue weighted by Gasteiger charge is 2.16. The van der Waals surface area contributed by atoms with Gasteiger partial charge in [-0.2, -0.15) is 5.10 Å². The van der Waals surface area contributed by atoms with Gasteiger partial charge in [-0.15, -0.1) is 0 Å². The second-order valence-electron chi connectivity index (χ2n) is 5.99. The van der Waals surface area contributed by atoms with Crippen LogP contribution in [0.5, 0.6) is 0 Å². The van der Waals surface area contributed by atoms with Crippen LogP contribution in [0.15, 0.2) is 12.3 Å². The van der Waals surface area contributed by atoms with Crippen molar-refractivity contribution in [1.29, 1.82) is 0 Å². The average molecular weight is 294 g/mol. The SMILES string of the molecule is COCCN(CCCN)Cc1ccn(C2CCCCC2)n1. The minimum absolute atomic E-state index is 0.615. The van der Waals surface area contributed by atoms with Crippen LogP contribution < -0.4 is 5.73 Å². The minimum Gasteiger partial charge on any atom is -0.383 e. The number of aromatic nitrogens is 2. The summed E-state index contributed by atoms with van der Waals surface area (Å²) in [5.74, 6) is 0. The van der Waals surface area contributed by atoms with Crippen LogP contribution >= 0.6 is 0 Å². The lowest BCUT2D eigenvalue weighted by Gasteiger charge is -2.22. The molecule has 0 amide bonds. The second kappa shape index (κ2) is 9.18. The van der Waals surface area contributed by atoms with Crippen LogP contribution in [-0.2, 0) is 11.3 Å². The van der Waals surface area contributed by atoms with Gasteiger partial charge in [0.2, 0.25) is 0 Å². The lowest BCUT2D eigenvalue weighted by atomic mass is 9.96. The Bertz CT molecular complexity index is 379. The summed E-state index contributed by atoms with van der Waals surface area (Å²) in [7, 11) is 1.75. The van der Waals surface area contributed by atoms with Crippen molar-refractivity contribution in [2.75, 3.05) is 33.4 Å². The first-order chi connectivity index (χ1) is 10.3. The highest BCUT2D eigenvalue weighted by molar-refractivity contribution is 5.00. The van der Waals surface area contributed by atoms with E-state index in [1.165, 1.54) is 32.1 Å². The molecule has 1 fully saturated rings. The van der Waals surface area contributed by atoms with Gasteiger partial charge >= 0.3 is 0 Å². The quantitative estimate of drug-likeness (QED) is 0.758. The molecule has 1 saturated carbocycles. The standard InChI is InChI=1S/C16H30N4O/c1-21-13-12-19(10-5-9-17)14-15-8-11-20(18-15)16-6-3-2-4-7-16/h8,11,16H,2-7,9-10,12-14,17H2,1H3. The zero-order valence-corrected chi connectivity index (χ0v) is 13.3. The molecule has 1 aliphatic rings. The molecule has 1 aromatic heterocycles. The molecule has 1 aliphatic carbocycles. The van der Waals surface area contributed by atoms with Gasteiger partial charge in [0.1, 0.15) is 0 Å². The molecule has 0 aromatic carbocycles. The molecule has 0 aliphatic heterocycles. The van der Waals surface area contributed by atoms with E-state index < -0.39 is 0 Å². The third-order valence-corrected chi connectivity index (χ3v) is 4.29. The average Bonchev–Trinajstić information content (AvgIpc) is 2.99. The maximum atomic E-state index is 5.62. The molecule has 0 spiro atoms. The third-order valence-electron chi connectivity index (χ3n) is 4.29. The number of rotatable bonds is 9. The summed E-state index contributed by atoms with van der Waals surface area (Å²) in [6.07, 6.45) is 9.81. The predicted molar refractivity (Wildman–Crippen MR) is 85.2 cm³/mol. The van der Waals surface area contributed by atoms with Crippen molar-refractivity contribution in [3.63, 3.8) is 0 Å². The van der Waals surface area contributed by atoms with E-state index in [1.54, 1.807) is 7.11 Å². The van der Waals surface area contributed by atoms with Gasteiger partial charge in [-0.05, 0) is 38.4 Å². The number of methoxy groups -OCH3 is 1. The maximum absolute atomic E-state index is 5.62. The van der Waals surface area contributed by atoms with Crippen molar-refractivity contribution in [3.05, 3.63) is 18.0 Å². The Balaban J connectivity index is 1.88. The Kier molecular flexibility index (Phi) is 7.19. The van der Waals surface area contributed by atoms with Crippen molar-refractivity contribution >= 4 is 0 Å². The lowest BCUT2D eigenvalue weighted by molar-refractivity contribution is 0.142. The van der Waals surface area contributed by atoms with Crippen LogP contribution in [0.3, 0.4) is 0 Å². The Labute approximate surface area is 128 Å². The number of nitrogens with zero attached hydrogens (tertiary/aromatic N) is 3. The molecule has 120 valence electrons. The number of hydrogen-bond acceptors (Lipinski definition) is 4. The molecule has 2 N–H and O–H groups in total. The number of nitrogens with two attached hydrogens (primary N) is 1. The molecular formula is C16H30N4O. The second-order valence-corrected chi connectivity index (χ2v) is 5.99. The number of ether oxygens (including phenoxy) is 1. The molecule has 5 nitrogen and oxygen atoms in total. The lowest BCUT2D eigenvalue weighted by Crippen LogP contribution is -2.29. The van der Waals surface area contributed by atoms with E-state index >= 15 is 0 Å². The van der Waals surface area contributed by atoms with Crippen LogP contribution in [0.4, 0.5) is 0 Å². The minimum atomic E-state index is 0.615. The van der Waals surface area contributed by atoms with E-state index in [4.69, 9.17) is 15.6 Å². The molecule has 0 unspecified atom stereocenters. The first kappa shape index (κ1) is 16.5. The smallest absolute Gasteiger partial charge is 0.0764 e. The van der Waals surface area contributed by atoms with Crippen LogP contribution in [0.25, 0.3) is 0 Å². The Morgan fingerprint density at radius 1 is 1.33 bits per heavy atom. The first-order valence-corrected chi connectivity index (χ1v) is 8.29. The molecule has 0 saturated heterocycles. The topological polar surface area (TPSA) is 56.3 Å². The Morgan fingerprint density at radius 2 is 2.14 bits per heavy atom.